The molecule has 7 heteroatoms. The second-order valence-corrected chi connectivity index (χ2v) is 7.70. The van der Waals surface area contributed by atoms with Crippen molar-refractivity contribution in [3.8, 4) is 0 Å². The van der Waals surface area contributed by atoms with E-state index in [4.69, 9.17) is 0 Å². The summed E-state index contributed by atoms with van der Waals surface area (Å²) in [7, 11) is 0. The normalized spacial score (nSPS) is 23.2. The summed E-state index contributed by atoms with van der Waals surface area (Å²) in [4.78, 5) is 21.5. The Bertz CT molecular complexity index is 830. The lowest BCUT2D eigenvalue weighted by atomic mass is 9.95. The first-order valence-electron chi connectivity index (χ1n) is 6.90. The van der Waals surface area contributed by atoms with Gasteiger partial charge in [0.25, 0.3) is 5.91 Å². The summed E-state index contributed by atoms with van der Waals surface area (Å²) in [6, 6.07) is 1.92. The number of rotatable bonds is 1. The first-order chi connectivity index (χ1) is 10.0. The summed E-state index contributed by atoms with van der Waals surface area (Å²) < 4.78 is 2.01. The molecule has 3 aromatic heterocycles. The van der Waals surface area contributed by atoms with Crippen LogP contribution in [0.2, 0.25) is 0 Å². The van der Waals surface area contributed by atoms with Crippen molar-refractivity contribution in [1.29, 1.82) is 0 Å². The van der Waals surface area contributed by atoms with Crippen molar-refractivity contribution in [3.05, 3.63) is 22.5 Å². The van der Waals surface area contributed by atoms with Gasteiger partial charge in [-0.1, -0.05) is 0 Å². The number of thiophene rings is 1. The average Bonchev–Trinajstić information content (AvgIpc) is 3.07. The van der Waals surface area contributed by atoms with E-state index in [1.165, 1.54) is 11.3 Å². The molecule has 0 spiro atoms. The average molecular weight is 321 g/mol. The van der Waals surface area contributed by atoms with E-state index in [1.807, 2.05) is 22.0 Å². The third kappa shape index (κ3) is 2.16. The molecule has 4 heterocycles. The van der Waals surface area contributed by atoms with Crippen molar-refractivity contribution in [2.45, 2.75) is 25.4 Å². The van der Waals surface area contributed by atoms with Crippen LogP contribution in [0.3, 0.4) is 0 Å². The molecule has 1 saturated heterocycles. The number of aliphatic hydroxyl groups is 1. The third-order valence-electron chi connectivity index (χ3n) is 3.91. The molecule has 0 saturated carbocycles. The van der Waals surface area contributed by atoms with Crippen molar-refractivity contribution >= 4 is 43.9 Å². The highest BCUT2D eigenvalue weighted by atomic mass is 32.1. The van der Waals surface area contributed by atoms with Gasteiger partial charge < -0.3 is 10.0 Å². The monoisotopic (exact) mass is 321 g/mol. The van der Waals surface area contributed by atoms with E-state index in [-0.39, 0.29) is 5.91 Å². The molecular formula is C14H15N3O2S2. The Morgan fingerprint density at radius 2 is 2.38 bits per heavy atom. The van der Waals surface area contributed by atoms with Gasteiger partial charge in [-0.05, 0) is 25.8 Å². The van der Waals surface area contributed by atoms with Gasteiger partial charge in [-0.15, -0.1) is 22.7 Å². The number of hydrogen-bond donors (Lipinski definition) is 1. The predicted molar refractivity (Wildman–Crippen MR) is 84.2 cm³/mol. The Labute approximate surface area is 129 Å². The Morgan fingerprint density at radius 3 is 3.19 bits per heavy atom. The van der Waals surface area contributed by atoms with Crippen molar-refractivity contribution in [1.82, 2.24) is 14.3 Å². The molecule has 4 rings (SSSR count). The molecule has 21 heavy (non-hydrogen) atoms. The van der Waals surface area contributed by atoms with E-state index >= 15 is 0 Å². The largest absolute Gasteiger partial charge is 0.388 e. The molecule has 0 aliphatic carbocycles. The number of aromatic nitrogens is 2. The van der Waals surface area contributed by atoms with Gasteiger partial charge in [-0.2, -0.15) is 0 Å². The summed E-state index contributed by atoms with van der Waals surface area (Å²) >= 11 is 3.02. The van der Waals surface area contributed by atoms with Crippen LogP contribution in [0, 0.1) is 0 Å². The fourth-order valence-electron chi connectivity index (χ4n) is 2.90. The fraction of sp³-hybridized carbons (Fsp3) is 0.429. The predicted octanol–water partition coefficient (Wildman–Crippen LogP) is 2.60. The van der Waals surface area contributed by atoms with Gasteiger partial charge in [0.15, 0.2) is 4.96 Å². The van der Waals surface area contributed by atoms with Crippen LogP contribution in [0.1, 0.15) is 29.4 Å². The number of hydrogen-bond acceptors (Lipinski definition) is 5. The second-order valence-electron chi connectivity index (χ2n) is 5.80. The van der Waals surface area contributed by atoms with Gasteiger partial charge in [-0.25, -0.2) is 4.98 Å². The summed E-state index contributed by atoms with van der Waals surface area (Å²) in [5, 5.41) is 12.1. The lowest BCUT2D eigenvalue weighted by Crippen LogP contribution is -2.48. The molecule has 1 atom stereocenters. The summed E-state index contributed by atoms with van der Waals surface area (Å²) in [6.45, 7) is 2.91. The van der Waals surface area contributed by atoms with Crippen LogP contribution in [0.25, 0.3) is 15.3 Å². The Hall–Kier alpha value is -1.44. The number of carbonyl (C=O) groups is 1. The van der Waals surface area contributed by atoms with E-state index in [0.29, 0.717) is 18.0 Å². The Morgan fingerprint density at radius 1 is 1.52 bits per heavy atom. The number of fused-ring (bicyclic) bond motifs is 3. The molecule has 3 aromatic rings. The topological polar surface area (TPSA) is 57.8 Å². The number of carbonyl (C=O) groups excluding carboxylic acids is 1. The van der Waals surface area contributed by atoms with Crippen molar-refractivity contribution in [2.75, 3.05) is 13.1 Å². The lowest BCUT2D eigenvalue weighted by Gasteiger charge is -2.36. The first kappa shape index (κ1) is 13.2. The highest BCUT2D eigenvalue weighted by molar-refractivity contribution is 7.21. The number of β-amino-alcohol motifs (C(OH)–C–C–N with tert-alkyl or cyclic N) is 1. The van der Waals surface area contributed by atoms with E-state index in [0.717, 1.165) is 28.1 Å². The van der Waals surface area contributed by atoms with Crippen LogP contribution in [0.5, 0.6) is 0 Å². The van der Waals surface area contributed by atoms with Crippen LogP contribution < -0.4 is 0 Å². The Balaban J connectivity index is 1.68. The number of likely N-dealkylation sites (tertiary alicyclic amines) is 1. The minimum absolute atomic E-state index is 0.00181. The quantitative estimate of drug-likeness (QED) is 0.749. The lowest BCUT2D eigenvalue weighted by molar-refractivity contribution is -0.0105. The van der Waals surface area contributed by atoms with E-state index in [1.54, 1.807) is 23.2 Å². The second kappa shape index (κ2) is 4.53. The van der Waals surface area contributed by atoms with Crippen LogP contribution in [-0.4, -0.2) is 44.0 Å². The zero-order valence-corrected chi connectivity index (χ0v) is 13.2. The number of amides is 1. The highest BCUT2D eigenvalue weighted by Gasteiger charge is 2.32. The summed E-state index contributed by atoms with van der Waals surface area (Å²) in [5.74, 6) is 0.00181. The van der Waals surface area contributed by atoms with E-state index in [9.17, 15) is 9.90 Å². The molecule has 1 aliphatic heterocycles. The van der Waals surface area contributed by atoms with E-state index < -0.39 is 5.60 Å². The van der Waals surface area contributed by atoms with Crippen molar-refractivity contribution in [2.24, 2.45) is 0 Å². The number of nitrogens with zero attached hydrogens (tertiary/aromatic N) is 3. The molecule has 1 N–H and O–H groups in total. The molecule has 110 valence electrons. The molecule has 0 bridgehead atoms. The smallest absolute Gasteiger partial charge is 0.264 e. The molecule has 1 fully saturated rings. The van der Waals surface area contributed by atoms with Gasteiger partial charge in [0.1, 0.15) is 4.83 Å². The SMILES string of the molecule is CC1(O)CCCN(C(=O)c2cc3c(nc4sccn43)s2)C1. The number of piperidine rings is 1. The van der Waals surface area contributed by atoms with Gasteiger partial charge >= 0.3 is 0 Å². The van der Waals surface area contributed by atoms with Crippen LogP contribution in [-0.2, 0) is 0 Å². The van der Waals surface area contributed by atoms with Gasteiger partial charge in [-0.3, -0.25) is 9.20 Å². The summed E-state index contributed by atoms with van der Waals surface area (Å²) in [6.07, 6.45) is 3.57. The van der Waals surface area contributed by atoms with Gasteiger partial charge in [0.05, 0.1) is 16.0 Å². The van der Waals surface area contributed by atoms with Crippen molar-refractivity contribution < 1.29 is 9.90 Å². The molecule has 5 nitrogen and oxygen atoms in total. The molecule has 1 unspecified atom stereocenters. The fourth-order valence-corrected chi connectivity index (χ4v) is 4.67. The molecule has 0 aromatic carbocycles. The van der Waals surface area contributed by atoms with Crippen LogP contribution >= 0.6 is 22.7 Å². The number of imidazole rings is 1. The van der Waals surface area contributed by atoms with Gasteiger partial charge in [0, 0.05) is 24.7 Å². The third-order valence-corrected chi connectivity index (χ3v) is 5.68. The maximum Gasteiger partial charge on any atom is 0.264 e. The maximum atomic E-state index is 12.6. The maximum absolute atomic E-state index is 12.6. The number of thiazole rings is 1. The Kier molecular flexibility index (Phi) is 2.85. The van der Waals surface area contributed by atoms with Crippen LogP contribution in [0.15, 0.2) is 17.6 Å². The van der Waals surface area contributed by atoms with Crippen LogP contribution in [0.4, 0.5) is 0 Å². The minimum Gasteiger partial charge on any atom is -0.388 e. The molecule has 1 amide bonds. The standard InChI is InChI=1S/C14H15N3O2S2/c1-14(19)3-2-4-16(8-14)12(18)10-7-9-11(21-10)15-13-17(9)5-6-20-13/h5-7,19H,2-4,8H2,1H3. The molecular weight excluding hydrogens is 306 g/mol. The van der Waals surface area contributed by atoms with Gasteiger partial charge in [0.2, 0.25) is 0 Å². The van der Waals surface area contributed by atoms with E-state index in [2.05, 4.69) is 4.98 Å². The minimum atomic E-state index is -0.770. The highest BCUT2D eigenvalue weighted by Crippen LogP contribution is 2.30. The zero-order chi connectivity index (χ0) is 14.6. The first-order valence-corrected chi connectivity index (χ1v) is 8.60. The summed E-state index contributed by atoms with van der Waals surface area (Å²) in [5.41, 5.74) is 0.219. The zero-order valence-electron chi connectivity index (χ0n) is 11.6. The van der Waals surface area contributed by atoms with Crippen molar-refractivity contribution in [3.63, 3.8) is 0 Å². The molecule has 0 radical (unpaired) electrons. The molecule has 1 aliphatic rings.